The molecule has 0 atom stereocenters. The van der Waals surface area contributed by atoms with Gasteiger partial charge in [-0.15, -0.1) is 10.2 Å². The van der Waals surface area contributed by atoms with Crippen molar-refractivity contribution in [1.29, 1.82) is 0 Å². The number of hydrogen-bond acceptors (Lipinski definition) is 8. The monoisotopic (exact) mass is 370 g/mol. The van der Waals surface area contributed by atoms with Crippen molar-refractivity contribution in [3.8, 4) is 23.1 Å². The number of fused-ring (bicyclic) bond motifs is 1. The highest BCUT2D eigenvalue weighted by molar-refractivity contribution is 7.99. The first-order chi connectivity index (χ1) is 12.8. The summed E-state index contributed by atoms with van der Waals surface area (Å²) in [4.78, 5) is 16.3. The van der Waals surface area contributed by atoms with Gasteiger partial charge in [0.1, 0.15) is 18.9 Å². The summed E-state index contributed by atoms with van der Waals surface area (Å²) in [5.74, 6) is 1.57. The fraction of sp³-hybridized carbons (Fsp3) is 0.176. The molecule has 0 unspecified atom stereocenters. The lowest BCUT2D eigenvalue weighted by Gasteiger charge is -2.18. The lowest BCUT2D eigenvalue weighted by molar-refractivity contribution is -0.113. The zero-order chi connectivity index (χ0) is 17.8. The van der Waals surface area contributed by atoms with Crippen LogP contribution >= 0.6 is 11.8 Å². The minimum absolute atomic E-state index is 0.137. The molecule has 9 heteroatoms. The number of nitrogens with one attached hydrogen (secondary N) is 1. The molecule has 0 bridgehead atoms. The first-order valence-corrected chi connectivity index (χ1v) is 8.84. The van der Waals surface area contributed by atoms with Crippen molar-refractivity contribution in [3.05, 3.63) is 42.6 Å². The van der Waals surface area contributed by atoms with E-state index in [-0.39, 0.29) is 11.7 Å². The van der Waals surface area contributed by atoms with Crippen molar-refractivity contribution < 1.29 is 18.7 Å². The molecule has 132 valence electrons. The van der Waals surface area contributed by atoms with E-state index < -0.39 is 0 Å². The van der Waals surface area contributed by atoms with Crippen molar-refractivity contribution in [2.45, 2.75) is 5.22 Å². The Morgan fingerprint density at radius 3 is 2.85 bits per heavy atom. The van der Waals surface area contributed by atoms with E-state index in [1.165, 1.54) is 0 Å². The number of benzene rings is 1. The Labute approximate surface area is 152 Å². The molecule has 8 nitrogen and oxygen atoms in total. The summed E-state index contributed by atoms with van der Waals surface area (Å²) in [6.07, 6.45) is 1.65. The predicted molar refractivity (Wildman–Crippen MR) is 94.3 cm³/mol. The highest BCUT2D eigenvalue weighted by atomic mass is 32.2. The van der Waals surface area contributed by atoms with E-state index in [0.29, 0.717) is 47.2 Å². The second kappa shape index (κ2) is 7.44. The van der Waals surface area contributed by atoms with Crippen molar-refractivity contribution in [2.24, 2.45) is 0 Å². The van der Waals surface area contributed by atoms with E-state index in [4.69, 9.17) is 13.9 Å². The van der Waals surface area contributed by atoms with Crippen molar-refractivity contribution in [2.75, 3.05) is 24.3 Å². The molecule has 0 aliphatic carbocycles. The predicted octanol–water partition coefficient (Wildman–Crippen LogP) is 2.63. The van der Waals surface area contributed by atoms with Gasteiger partial charge in [-0.3, -0.25) is 9.78 Å². The Hall–Kier alpha value is -3.07. The molecule has 4 rings (SSSR count). The third kappa shape index (κ3) is 3.77. The van der Waals surface area contributed by atoms with Crippen LogP contribution in [0.25, 0.3) is 11.6 Å². The fourth-order valence-corrected chi connectivity index (χ4v) is 2.87. The zero-order valence-electron chi connectivity index (χ0n) is 13.5. The first-order valence-electron chi connectivity index (χ1n) is 7.85. The van der Waals surface area contributed by atoms with Crippen LogP contribution in [0.4, 0.5) is 5.69 Å². The topological polar surface area (TPSA) is 99.4 Å². The summed E-state index contributed by atoms with van der Waals surface area (Å²) in [7, 11) is 0. The maximum atomic E-state index is 12.1. The number of anilines is 1. The van der Waals surface area contributed by atoms with Crippen LogP contribution in [-0.4, -0.2) is 40.1 Å². The summed E-state index contributed by atoms with van der Waals surface area (Å²) in [5, 5.41) is 11.0. The normalized spacial score (nSPS) is 12.6. The van der Waals surface area contributed by atoms with Gasteiger partial charge in [-0.2, -0.15) is 0 Å². The molecule has 0 spiro atoms. The number of ether oxygens (including phenoxy) is 2. The van der Waals surface area contributed by atoms with Crippen LogP contribution in [0.15, 0.2) is 52.2 Å². The van der Waals surface area contributed by atoms with Crippen LogP contribution in [0.3, 0.4) is 0 Å². The summed E-state index contributed by atoms with van der Waals surface area (Å²) in [5.41, 5.74) is 1.23. The van der Waals surface area contributed by atoms with Gasteiger partial charge in [0, 0.05) is 18.0 Å². The minimum atomic E-state index is -0.190. The first kappa shape index (κ1) is 16.4. The lowest BCUT2D eigenvalue weighted by atomic mass is 10.2. The van der Waals surface area contributed by atoms with Crippen molar-refractivity contribution >= 4 is 23.4 Å². The van der Waals surface area contributed by atoms with E-state index in [1.54, 1.807) is 36.5 Å². The summed E-state index contributed by atoms with van der Waals surface area (Å²) in [6, 6.07) is 10.7. The van der Waals surface area contributed by atoms with Crippen LogP contribution < -0.4 is 14.8 Å². The standard InChI is InChI=1S/C17H14N4O4S/c22-15(19-11-4-5-13-14(9-11)24-8-7-23-13)10-26-17-21-20-16(25-17)12-3-1-2-6-18-12/h1-6,9H,7-8,10H2,(H,19,22). The van der Waals surface area contributed by atoms with E-state index >= 15 is 0 Å². The van der Waals surface area contributed by atoms with Gasteiger partial charge in [-0.05, 0) is 24.3 Å². The third-order valence-electron chi connectivity index (χ3n) is 3.44. The summed E-state index contributed by atoms with van der Waals surface area (Å²) < 4.78 is 16.5. The number of carbonyl (C=O) groups is 1. The van der Waals surface area contributed by atoms with Crippen molar-refractivity contribution in [1.82, 2.24) is 15.2 Å². The molecule has 0 saturated carbocycles. The maximum absolute atomic E-state index is 12.1. The Kier molecular flexibility index (Phi) is 4.69. The molecule has 1 aromatic carbocycles. The molecule has 2 aromatic heterocycles. The molecule has 1 aliphatic heterocycles. The number of hydrogen-bond donors (Lipinski definition) is 1. The zero-order valence-corrected chi connectivity index (χ0v) is 14.4. The Morgan fingerprint density at radius 2 is 2.00 bits per heavy atom. The van der Waals surface area contributed by atoms with Gasteiger partial charge in [0.25, 0.3) is 11.1 Å². The van der Waals surface area contributed by atoms with Crippen LogP contribution in [0.5, 0.6) is 11.5 Å². The number of nitrogens with zero attached hydrogens (tertiary/aromatic N) is 3. The minimum Gasteiger partial charge on any atom is -0.486 e. The molecule has 1 amide bonds. The molecule has 26 heavy (non-hydrogen) atoms. The smallest absolute Gasteiger partial charge is 0.277 e. The van der Waals surface area contributed by atoms with Gasteiger partial charge in [-0.1, -0.05) is 17.8 Å². The molecule has 3 heterocycles. The average molecular weight is 370 g/mol. The van der Waals surface area contributed by atoms with Gasteiger partial charge in [0.2, 0.25) is 5.91 Å². The van der Waals surface area contributed by atoms with Gasteiger partial charge in [0.15, 0.2) is 11.5 Å². The molecule has 0 fully saturated rings. The average Bonchev–Trinajstić information content (AvgIpc) is 3.16. The number of carbonyl (C=O) groups excluding carboxylic acids is 1. The Morgan fingerprint density at radius 1 is 1.12 bits per heavy atom. The van der Waals surface area contributed by atoms with E-state index in [0.717, 1.165) is 11.8 Å². The van der Waals surface area contributed by atoms with E-state index in [9.17, 15) is 4.79 Å². The van der Waals surface area contributed by atoms with E-state index in [1.807, 2.05) is 6.07 Å². The number of pyridine rings is 1. The summed E-state index contributed by atoms with van der Waals surface area (Å²) >= 11 is 1.16. The molecular weight excluding hydrogens is 356 g/mol. The maximum Gasteiger partial charge on any atom is 0.277 e. The van der Waals surface area contributed by atoms with Crippen LogP contribution in [0, 0.1) is 0 Å². The largest absolute Gasteiger partial charge is 0.486 e. The SMILES string of the molecule is O=C(CSc1nnc(-c2ccccn2)o1)Nc1ccc2c(c1)OCCO2. The Bertz CT molecular complexity index is 916. The lowest BCUT2D eigenvalue weighted by Crippen LogP contribution is -2.17. The van der Waals surface area contributed by atoms with Crippen molar-refractivity contribution in [3.63, 3.8) is 0 Å². The third-order valence-corrected chi connectivity index (χ3v) is 4.26. The number of amides is 1. The molecule has 0 radical (unpaired) electrons. The molecule has 3 aromatic rings. The number of rotatable bonds is 5. The second-order valence-electron chi connectivity index (χ2n) is 5.28. The quantitative estimate of drug-likeness (QED) is 0.684. The van der Waals surface area contributed by atoms with Crippen LogP contribution in [0.1, 0.15) is 0 Å². The highest BCUT2D eigenvalue weighted by Gasteiger charge is 2.14. The molecule has 1 N–H and O–H groups in total. The van der Waals surface area contributed by atoms with Gasteiger partial charge >= 0.3 is 0 Å². The van der Waals surface area contributed by atoms with Gasteiger partial charge < -0.3 is 19.2 Å². The highest BCUT2D eigenvalue weighted by Crippen LogP contribution is 2.32. The molecule has 1 aliphatic rings. The Balaban J connectivity index is 1.34. The number of aromatic nitrogens is 3. The fourth-order valence-electron chi connectivity index (χ4n) is 2.31. The van der Waals surface area contributed by atoms with E-state index in [2.05, 4.69) is 20.5 Å². The van der Waals surface area contributed by atoms with Gasteiger partial charge in [-0.25, -0.2) is 0 Å². The second-order valence-corrected chi connectivity index (χ2v) is 6.21. The number of thioether (sulfide) groups is 1. The molecular formula is C17H14N4O4S. The van der Waals surface area contributed by atoms with Gasteiger partial charge in [0.05, 0.1) is 5.75 Å². The van der Waals surface area contributed by atoms with Crippen LogP contribution in [-0.2, 0) is 4.79 Å². The summed E-state index contributed by atoms with van der Waals surface area (Å²) in [6.45, 7) is 1.02. The molecule has 0 saturated heterocycles. The van der Waals surface area contributed by atoms with Crippen LogP contribution in [0.2, 0.25) is 0 Å².